The van der Waals surface area contributed by atoms with Gasteiger partial charge in [-0.1, -0.05) is 48.0 Å². The highest BCUT2D eigenvalue weighted by Crippen LogP contribution is 2.26. The molecule has 0 saturated carbocycles. The van der Waals surface area contributed by atoms with Crippen molar-refractivity contribution >= 4 is 6.08 Å². The minimum Gasteiger partial charge on any atom is -0.240 e. The van der Waals surface area contributed by atoms with Gasteiger partial charge >= 0.3 is 0 Å². The molecule has 0 aliphatic carbocycles. The molecule has 0 atom stereocenters. The molecule has 0 radical (unpaired) electrons. The van der Waals surface area contributed by atoms with E-state index in [0.29, 0.717) is 0 Å². The molecule has 2 nitrogen and oxygen atoms in total. The largest absolute Gasteiger partial charge is 0.240 e. The molecule has 2 aromatic carbocycles. The fourth-order valence-electron chi connectivity index (χ4n) is 2.61. The van der Waals surface area contributed by atoms with Crippen LogP contribution in [-0.2, 0) is 0 Å². The second-order valence-corrected chi connectivity index (χ2v) is 5.58. The maximum Gasteiger partial charge on any atom is 0.0930 e. The fraction of sp³-hybridized carbons (Fsp3) is 0.150. The Balaban J connectivity index is 2.14. The predicted octanol–water partition coefficient (Wildman–Crippen LogP) is 5.19. The Morgan fingerprint density at radius 2 is 1.68 bits per heavy atom. The average Bonchev–Trinajstić information content (AvgIpc) is 2.92. The lowest BCUT2D eigenvalue weighted by Crippen LogP contribution is -1.94. The zero-order chi connectivity index (χ0) is 15.5. The minimum atomic E-state index is 0.995. The molecule has 1 aromatic heterocycles. The third-order valence-electron chi connectivity index (χ3n) is 3.66. The van der Waals surface area contributed by atoms with Gasteiger partial charge in [-0.25, -0.2) is 4.68 Å². The second-order valence-electron chi connectivity index (χ2n) is 5.58. The van der Waals surface area contributed by atoms with Gasteiger partial charge in [0.05, 0.1) is 11.4 Å². The van der Waals surface area contributed by atoms with E-state index < -0.39 is 0 Å². The monoisotopic (exact) mass is 288 g/mol. The van der Waals surface area contributed by atoms with Crippen LogP contribution in [0.15, 0.2) is 60.8 Å². The number of nitrogens with zero attached hydrogens (tertiary/aromatic N) is 2. The Kier molecular flexibility index (Phi) is 3.92. The van der Waals surface area contributed by atoms with Crippen molar-refractivity contribution in [2.75, 3.05) is 0 Å². The van der Waals surface area contributed by atoms with E-state index >= 15 is 0 Å². The summed E-state index contributed by atoms with van der Waals surface area (Å²) in [5, 5.41) is 4.75. The highest BCUT2D eigenvalue weighted by molar-refractivity contribution is 5.73. The number of benzene rings is 2. The highest BCUT2D eigenvalue weighted by Gasteiger charge is 2.10. The van der Waals surface area contributed by atoms with Gasteiger partial charge in [0.25, 0.3) is 0 Å². The van der Waals surface area contributed by atoms with E-state index in [2.05, 4.69) is 74.7 Å². The molecule has 1 heterocycles. The van der Waals surface area contributed by atoms with Gasteiger partial charge in [0.2, 0.25) is 0 Å². The number of hydrogen-bond acceptors (Lipinski definition) is 1. The zero-order valence-corrected chi connectivity index (χ0v) is 13.2. The van der Waals surface area contributed by atoms with Gasteiger partial charge in [0.1, 0.15) is 0 Å². The van der Waals surface area contributed by atoms with Crippen molar-refractivity contribution in [3.05, 3.63) is 77.6 Å². The van der Waals surface area contributed by atoms with Crippen LogP contribution in [0.4, 0.5) is 0 Å². The summed E-state index contributed by atoms with van der Waals surface area (Å²) in [6.45, 7) is 6.23. The predicted molar refractivity (Wildman–Crippen MR) is 93.2 cm³/mol. The van der Waals surface area contributed by atoms with E-state index in [4.69, 9.17) is 5.10 Å². The van der Waals surface area contributed by atoms with Crippen LogP contribution in [0.25, 0.3) is 22.9 Å². The van der Waals surface area contributed by atoms with Gasteiger partial charge in [-0.15, -0.1) is 0 Å². The van der Waals surface area contributed by atoms with Crippen LogP contribution in [0, 0.1) is 13.8 Å². The SMILES string of the molecule is CC=Cc1nn(-c2cccc(C)c2)cc1-c1cccc(C)c1. The summed E-state index contributed by atoms with van der Waals surface area (Å²) < 4.78 is 1.96. The molecule has 0 N–H and O–H groups in total. The molecular weight excluding hydrogens is 268 g/mol. The Hall–Kier alpha value is -2.61. The zero-order valence-electron chi connectivity index (χ0n) is 13.2. The molecule has 3 aromatic rings. The van der Waals surface area contributed by atoms with Crippen LogP contribution in [0.3, 0.4) is 0 Å². The lowest BCUT2D eigenvalue weighted by atomic mass is 10.0. The molecule has 3 rings (SSSR count). The molecule has 0 bridgehead atoms. The number of aromatic nitrogens is 2. The van der Waals surface area contributed by atoms with Gasteiger partial charge < -0.3 is 0 Å². The second kappa shape index (κ2) is 6.02. The van der Waals surface area contributed by atoms with Crippen molar-refractivity contribution in [1.82, 2.24) is 9.78 Å². The molecule has 0 aliphatic heterocycles. The molecule has 0 unspecified atom stereocenters. The van der Waals surface area contributed by atoms with Gasteiger partial charge in [-0.2, -0.15) is 5.10 Å². The smallest absolute Gasteiger partial charge is 0.0930 e. The first-order valence-electron chi connectivity index (χ1n) is 7.54. The first kappa shape index (κ1) is 14.3. The maximum atomic E-state index is 4.75. The molecule has 0 saturated heterocycles. The summed E-state index contributed by atoms with van der Waals surface area (Å²) in [5.41, 5.74) is 6.93. The first-order chi connectivity index (χ1) is 10.7. The maximum absolute atomic E-state index is 4.75. The average molecular weight is 288 g/mol. The fourth-order valence-corrected chi connectivity index (χ4v) is 2.61. The van der Waals surface area contributed by atoms with Crippen LogP contribution in [0.2, 0.25) is 0 Å². The van der Waals surface area contributed by atoms with E-state index in [-0.39, 0.29) is 0 Å². The normalized spacial score (nSPS) is 11.2. The third kappa shape index (κ3) is 2.86. The Bertz CT molecular complexity index is 825. The summed E-state index contributed by atoms with van der Waals surface area (Å²) in [7, 11) is 0. The van der Waals surface area contributed by atoms with Gasteiger partial charge in [-0.3, -0.25) is 0 Å². The number of aryl methyl sites for hydroxylation is 2. The Morgan fingerprint density at radius 1 is 0.955 bits per heavy atom. The topological polar surface area (TPSA) is 17.8 Å². The van der Waals surface area contributed by atoms with E-state index in [1.807, 2.05) is 17.7 Å². The summed E-state index contributed by atoms with van der Waals surface area (Å²) in [4.78, 5) is 0. The number of hydrogen-bond donors (Lipinski definition) is 0. The molecule has 0 amide bonds. The summed E-state index contributed by atoms with van der Waals surface area (Å²) in [5.74, 6) is 0. The van der Waals surface area contributed by atoms with Crippen molar-refractivity contribution in [1.29, 1.82) is 0 Å². The summed E-state index contributed by atoms with van der Waals surface area (Å²) in [6.07, 6.45) is 6.20. The van der Waals surface area contributed by atoms with Crippen molar-refractivity contribution in [3.8, 4) is 16.8 Å². The van der Waals surface area contributed by atoms with Crippen molar-refractivity contribution < 1.29 is 0 Å². The standard InChI is InChI=1S/C20H20N2/c1-4-7-20-19(17-10-5-8-15(2)12-17)14-22(21-20)18-11-6-9-16(3)13-18/h4-14H,1-3H3. The molecule has 0 aliphatic rings. The van der Waals surface area contributed by atoms with Crippen LogP contribution >= 0.6 is 0 Å². The molecule has 2 heteroatoms. The lowest BCUT2D eigenvalue weighted by Gasteiger charge is -2.02. The molecule has 0 spiro atoms. The molecular formula is C20H20N2. The Labute approximate surface area is 131 Å². The molecule has 22 heavy (non-hydrogen) atoms. The number of rotatable bonds is 3. The van der Waals surface area contributed by atoms with E-state index in [1.54, 1.807) is 0 Å². The third-order valence-corrected chi connectivity index (χ3v) is 3.66. The minimum absolute atomic E-state index is 0.995. The summed E-state index contributed by atoms with van der Waals surface area (Å²) >= 11 is 0. The van der Waals surface area contributed by atoms with E-state index in [1.165, 1.54) is 16.7 Å². The van der Waals surface area contributed by atoms with E-state index in [0.717, 1.165) is 16.9 Å². The highest BCUT2D eigenvalue weighted by atomic mass is 15.3. The quantitative estimate of drug-likeness (QED) is 0.648. The van der Waals surface area contributed by atoms with Gasteiger partial charge in [-0.05, 0) is 50.1 Å². The summed E-state index contributed by atoms with van der Waals surface area (Å²) in [6, 6.07) is 16.9. The van der Waals surface area contributed by atoms with Crippen LogP contribution < -0.4 is 0 Å². The number of allylic oxidation sites excluding steroid dienone is 1. The van der Waals surface area contributed by atoms with Crippen molar-refractivity contribution in [3.63, 3.8) is 0 Å². The van der Waals surface area contributed by atoms with Crippen molar-refractivity contribution in [2.45, 2.75) is 20.8 Å². The van der Waals surface area contributed by atoms with Crippen molar-refractivity contribution in [2.24, 2.45) is 0 Å². The lowest BCUT2D eigenvalue weighted by molar-refractivity contribution is 0.874. The van der Waals surface area contributed by atoms with Gasteiger partial charge in [0, 0.05) is 11.8 Å². The van der Waals surface area contributed by atoms with Crippen LogP contribution in [0.1, 0.15) is 23.7 Å². The van der Waals surface area contributed by atoms with Crippen LogP contribution in [-0.4, -0.2) is 9.78 Å². The Morgan fingerprint density at radius 3 is 2.36 bits per heavy atom. The van der Waals surface area contributed by atoms with E-state index in [9.17, 15) is 0 Å². The molecule has 0 fully saturated rings. The van der Waals surface area contributed by atoms with Crippen LogP contribution in [0.5, 0.6) is 0 Å². The van der Waals surface area contributed by atoms with Gasteiger partial charge in [0.15, 0.2) is 0 Å². The molecule has 110 valence electrons. The first-order valence-corrected chi connectivity index (χ1v) is 7.54.